The molecule has 2 aromatic rings. The first-order chi connectivity index (χ1) is 19.1. The molecule has 1 spiro atoms. The predicted octanol–water partition coefficient (Wildman–Crippen LogP) is 6.42. The number of rotatable bonds is 7. The number of carboxylic acids is 1. The number of amides is 2. The van der Waals surface area contributed by atoms with Crippen LogP contribution in [0.25, 0.3) is 11.1 Å². The van der Waals surface area contributed by atoms with E-state index in [9.17, 15) is 19.5 Å². The summed E-state index contributed by atoms with van der Waals surface area (Å²) in [5.41, 5.74) is 3.71. The van der Waals surface area contributed by atoms with Crippen LogP contribution in [0.5, 0.6) is 0 Å². The van der Waals surface area contributed by atoms with Crippen LogP contribution in [0.1, 0.15) is 82.8 Å². The van der Waals surface area contributed by atoms with Gasteiger partial charge in [0.1, 0.15) is 12.2 Å². The first kappa shape index (κ1) is 28.0. The molecule has 0 aromatic heterocycles. The fourth-order valence-corrected chi connectivity index (χ4v) is 6.59. The fraction of sp³-hybridized carbons (Fsp3) is 0.531. The van der Waals surface area contributed by atoms with Gasteiger partial charge in [0.25, 0.3) is 0 Å². The second kappa shape index (κ2) is 11.1. The van der Waals surface area contributed by atoms with Crippen LogP contribution in [0.4, 0.5) is 9.59 Å². The zero-order valence-corrected chi connectivity index (χ0v) is 23.7. The first-order valence-corrected chi connectivity index (χ1v) is 14.4. The van der Waals surface area contributed by atoms with Crippen molar-refractivity contribution in [1.29, 1.82) is 0 Å². The van der Waals surface area contributed by atoms with Crippen molar-refractivity contribution in [3.05, 3.63) is 59.7 Å². The standard InChI is InChI=1S/C32H40N2O6/c1-31(2,3)40-30(38)34-19-15-22(20-32(34)16-9-17-32)33(18-8-14-28(35)36)29(37)39-21-27-25-12-6-4-10-23(25)24-11-5-7-13-26(24)27/h4-7,10-13,22,27H,8-9,14-21H2,1-3H3,(H,35,36). The van der Waals surface area contributed by atoms with Gasteiger partial charge in [-0.15, -0.1) is 0 Å². The van der Waals surface area contributed by atoms with Crippen molar-refractivity contribution in [2.75, 3.05) is 19.7 Å². The topological polar surface area (TPSA) is 96.4 Å². The number of carboxylic acid groups (broad SMARTS) is 1. The summed E-state index contributed by atoms with van der Waals surface area (Å²) in [6.07, 6.45) is 3.61. The van der Waals surface area contributed by atoms with Crippen LogP contribution in [-0.2, 0) is 14.3 Å². The van der Waals surface area contributed by atoms with E-state index in [1.54, 1.807) is 4.90 Å². The summed E-state index contributed by atoms with van der Waals surface area (Å²) in [6, 6.07) is 16.3. The normalized spacial score (nSPS) is 19.4. The second-order valence-electron chi connectivity index (χ2n) is 12.4. The average molecular weight is 549 g/mol. The molecule has 2 aliphatic carbocycles. The summed E-state index contributed by atoms with van der Waals surface area (Å²) in [4.78, 5) is 41.6. The Morgan fingerprint density at radius 3 is 2.20 bits per heavy atom. The van der Waals surface area contributed by atoms with Gasteiger partial charge in [-0.25, -0.2) is 9.59 Å². The molecule has 1 heterocycles. The van der Waals surface area contributed by atoms with E-state index in [1.165, 1.54) is 11.1 Å². The highest BCUT2D eigenvalue weighted by molar-refractivity contribution is 5.79. The van der Waals surface area contributed by atoms with E-state index in [2.05, 4.69) is 24.3 Å². The zero-order chi connectivity index (χ0) is 28.5. The fourth-order valence-electron chi connectivity index (χ4n) is 6.59. The van der Waals surface area contributed by atoms with E-state index in [-0.39, 0.29) is 36.6 Å². The molecule has 5 rings (SSSR count). The molecule has 3 aliphatic rings. The number of likely N-dealkylation sites (tertiary alicyclic amines) is 1. The van der Waals surface area contributed by atoms with Gasteiger partial charge >= 0.3 is 18.2 Å². The van der Waals surface area contributed by atoms with Crippen LogP contribution in [0.3, 0.4) is 0 Å². The molecule has 1 saturated heterocycles. The maximum Gasteiger partial charge on any atom is 0.410 e. The van der Waals surface area contributed by atoms with Gasteiger partial charge in [0.05, 0.1) is 0 Å². The van der Waals surface area contributed by atoms with Crippen LogP contribution in [0.2, 0.25) is 0 Å². The van der Waals surface area contributed by atoms with Crippen molar-refractivity contribution in [3.63, 3.8) is 0 Å². The van der Waals surface area contributed by atoms with Gasteiger partial charge in [0.2, 0.25) is 0 Å². The van der Waals surface area contributed by atoms with Crippen LogP contribution >= 0.6 is 0 Å². The van der Waals surface area contributed by atoms with Gasteiger partial charge in [0.15, 0.2) is 0 Å². The molecule has 0 bridgehead atoms. The molecule has 8 heteroatoms. The number of carbonyl (C=O) groups is 3. The van der Waals surface area contributed by atoms with E-state index in [4.69, 9.17) is 9.47 Å². The lowest BCUT2D eigenvalue weighted by Crippen LogP contribution is -2.64. The van der Waals surface area contributed by atoms with Gasteiger partial charge in [0, 0.05) is 37.0 Å². The number of fused-ring (bicyclic) bond motifs is 3. The Morgan fingerprint density at radius 2 is 1.65 bits per heavy atom. The minimum Gasteiger partial charge on any atom is -0.481 e. The quantitative estimate of drug-likeness (QED) is 0.429. The monoisotopic (exact) mass is 548 g/mol. The van der Waals surface area contributed by atoms with E-state index >= 15 is 0 Å². The minimum atomic E-state index is -0.886. The second-order valence-corrected chi connectivity index (χ2v) is 12.4. The van der Waals surface area contributed by atoms with Crippen molar-refractivity contribution in [3.8, 4) is 11.1 Å². The van der Waals surface area contributed by atoms with Crippen LogP contribution in [-0.4, -0.2) is 69.9 Å². The molecule has 8 nitrogen and oxygen atoms in total. The third kappa shape index (κ3) is 5.67. The first-order valence-electron chi connectivity index (χ1n) is 14.4. The van der Waals surface area contributed by atoms with E-state index in [0.29, 0.717) is 32.4 Å². The SMILES string of the molecule is CC(C)(C)OC(=O)N1CCC(N(CCCC(=O)O)C(=O)OCC2c3ccccc3-c3ccccc32)CC12CCC2. The Hall–Kier alpha value is -3.55. The minimum absolute atomic E-state index is 0.0188. The zero-order valence-electron chi connectivity index (χ0n) is 23.7. The largest absolute Gasteiger partial charge is 0.481 e. The smallest absolute Gasteiger partial charge is 0.410 e. The van der Waals surface area contributed by atoms with Gasteiger partial charge in [-0.2, -0.15) is 0 Å². The van der Waals surface area contributed by atoms with E-state index in [0.717, 1.165) is 30.4 Å². The van der Waals surface area contributed by atoms with Gasteiger partial charge in [-0.3, -0.25) is 4.79 Å². The molecule has 1 N–H and O–H groups in total. The Labute approximate surface area is 236 Å². The third-order valence-electron chi connectivity index (χ3n) is 8.57. The molecular formula is C32H40N2O6. The van der Waals surface area contributed by atoms with Crippen molar-refractivity contribution >= 4 is 18.2 Å². The lowest BCUT2D eigenvalue weighted by atomic mass is 9.68. The van der Waals surface area contributed by atoms with Gasteiger partial charge in [-0.1, -0.05) is 48.5 Å². The number of hydrogen-bond acceptors (Lipinski definition) is 5. The van der Waals surface area contributed by atoms with Crippen molar-refractivity contribution in [1.82, 2.24) is 9.80 Å². The molecule has 2 aromatic carbocycles. The molecule has 1 atom stereocenters. The summed E-state index contributed by atoms with van der Waals surface area (Å²) >= 11 is 0. The van der Waals surface area contributed by atoms with E-state index < -0.39 is 17.7 Å². The summed E-state index contributed by atoms with van der Waals surface area (Å²) < 4.78 is 11.7. The lowest BCUT2D eigenvalue weighted by Gasteiger charge is -2.56. The van der Waals surface area contributed by atoms with Crippen LogP contribution in [0, 0.1) is 0 Å². The number of hydrogen-bond donors (Lipinski definition) is 1. The molecule has 1 aliphatic heterocycles. The summed E-state index contributed by atoms with van der Waals surface area (Å²) in [6.45, 7) is 6.61. The Balaban J connectivity index is 1.31. The number of carbonyl (C=O) groups excluding carboxylic acids is 2. The van der Waals surface area contributed by atoms with Crippen molar-refractivity contribution in [2.45, 2.75) is 88.8 Å². The Morgan fingerprint density at radius 1 is 1.02 bits per heavy atom. The summed E-state index contributed by atoms with van der Waals surface area (Å²) in [7, 11) is 0. The Bertz CT molecular complexity index is 1220. The van der Waals surface area contributed by atoms with Crippen LogP contribution in [0.15, 0.2) is 48.5 Å². The van der Waals surface area contributed by atoms with E-state index in [1.807, 2.05) is 49.9 Å². The molecule has 1 saturated carbocycles. The molecule has 214 valence electrons. The number of benzene rings is 2. The molecule has 2 fully saturated rings. The molecule has 2 amide bonds. The highest BCUT2D eigenvalue weighted by Crippen LogP contribution is 2.47. The molecule has 40 heavy (non-hydrogen) atoms. The lowest BCUT2D eigenvalue weighted by molar-refractivity contribution is -0.137. The van der Waals surface area contributed by atoms with Gasteiger partial charge < -0.3 is 24.4 Å². The summed E-state index contributed by atoms with van der Waals surface area (Å²) in [5.74, 6) is -0.938. The highest BCUT2D eigenvalue weighted by Gasteiger charge is 2.51. The van der Waals surface area contributed by atoms with Crippen LogP contribution < -0.4 is 0 Å². The maximum atomic E-state index is 13.7. The predicted molar refractivity (Wildman–Crippen MR) is 151 cm³/mol. The summed E-state index contributed by atoms with van der Waals surface area (Å²) in [5, 5.41) is 9.23. The molecule has 0 radical (unpaired) electrons. The molecular weight excluding hydrogens is 508 g/mol. The van der Waals surface area contributed by atoms with Crippen molar-refractivity contribution < 1.29 is 29.0 Å². The third-order valence-corrected chi connectivity index (χ3v) is 8.57. The number of ether oxygens (including phenoxy) is 2. The number of nitrogens with zero attached hydrogens (tertiary/aromatic N) is 2. The van der Waals surface area contributed by atoms with Crippen molar-refractivity contribution in [2.24, 2.45) is 0 Å². The highest BCUT2D eigenvalue weighted by atomic mass is 16.6. The maximum absolute atomic E-state index is 13.7. The number of piperidine rings is 1. The average Bonchev–Trinajstić information content (AvgIpc) is 3.21. The number of aliphatic carboxylic acids is 1. The van der Waals surface area contributed by atoms with Gasteiger partial charge in [-0.05, 0) is 81.5 Å². The molecule has 1 unspecified atom stereocenters. The Kier molecular flexibility index (Phi) is 7.80.